The summed E-state index contributed by atoms with van der Waals surface area (Å²) in [6, 6.07) is 14.7. The first-order valence-electron chi connectivity index (χ1n) is 9.70. The number of amides is 1. The van der Waals surface area contributed by atoms with Gasteiger partial charge in [-0.2, -0.15) is 0 Å². The smallest absolute Gasteiger partial charge is 0.259 e. The fraction of sp³-hybridized carbons (Fsp3) is 0.208. The van der Waals surface area contributed by atoms with Crippen molar-refractivity contribution in [2.45, 2.75) is 12.5 Å². The molecule has 0 N–H and O–H groups in total. The van der Waals surface area contributed by atoms with Crippen molar-refractivity contribution in [2.75, 3.05) is 20.8 Å². The Morgan fingerprint density at radius 3 is 2.32 bits per heavy atom. The second kappa shape index (κ2) is 8.77. The summed E-state index contributed by atoms with van der Waals surface area (Å²) < 4.78 is 25.5. The number of hydrogen-bond acceptors (Lipinski definition) is 3. The van der Waals surface area contributed by atoms with Gasteiger partial charge < -0.3 is 14.4 Å². The predicted octanol–water partition coefficient (Wildman–Crippen LogP) is 5.94. The molecule has 0 aliphatic carbocycles. The van der Waals surface area contributed by atoms with Crippen LogP contribution in [-0.4, -0.2) is 31.6 Å². The van der Waals surface area contributed by atoms with E-state index >= 15 is 0 Å². The van der Waals surface area contributed by atoms with E-state index in [2.05, 4.69) is 0 Å². The van der Waals surface area contributed by atoms with Crippen molar-refractivity contribution >= 4 is 29.1 Å². The largest absolute Gasteiger partial charge is 0.493 e. The molecule has 4 rings (SSSR count). The Balaban J connectivity index is 1.91. The van der Waals surface area contributed by atoms with Gasteiger partial charge >= 0.3 is 0 Å². The standard InChI is InChI=1S/C24H20Cl2FNO3/c1-30-20-12-14-10-11-28(24(29)22-18(26)8-5-9-19(22)27)23(16(14)13-21(20)31-2)15-6-3-4-7-17(15)25/h3-9,12-13,23H,10-11H2,1-2H3. The maximum atomic E-state index is 14.6. The van der Waals surface area contributed by atoms with Crippen molar-refractivity contribution in [1.29, 1.82) is 0 Å². The van der Waals surface area contributed by atoms with Crippen molar-refractivity contribution < 1.29 is 18.7 Å². The van der Waals surface area contributed by atoms with Crippen molar-refractivity contribution in [3.63, 3.8) is 0 Å². The van der Waals surface area contributed by atoms with Crippen LogP contribution < -0.4 is 9.47 Å². The average molecular weight is 460 g/mol. The molecule has 1 aliphatic rings. The lowest BCUT2D eigenvalue weighted by molar-refractivity contribution is 0.0689. The van der Waals surface area contributed by atoms with Gasteiger partial charge in [-0.3, -0.25) is 4.79 Å². The summed E-state index contributed by atoms with van der Waals surface area (Å²) >= 11 is 12.7. The Bertz CT molecular complexity index is 1130. The van der Waals surface area contributed by atoms with E-state index in [1.54, 1.807) is 25.2 Å². The van der Waals surface area contributed by atoms with Gasteiger partial charge in [0.15, 0.2) is 11.5 Å². The van der Waals surface area contributed by atoms with Crippen LogP contribution in [0.25, 0.3) is 0 Å². The SMILES string of the molecule is COc1cc2c(cc1OC)C(c1ccccc1Cl)N(C(=O)c1c(F)cccc1Cl)CC2. The highest BCUT2D eigenvalue weighted by Gasteiger charge is 2.36. The van der Waals surface area contributed by atoms with E-state index in [4.69, 9.17) is 32.7 Å². The minimum atomic E-state index is -0.659. The zero-order chi connectivity index (χ0) is 22.1. The van der Waals surface area contributed by atoms with Crippen LogP contribution in [0.15, 0.2) is 54.6 Å². The lowest BCUT2D eigenvalue weighted by Crippen LogP contribution is -2.41. The number of fused-ring (bicyclic) bond motifs is 1. The first kappa shape index (κ1) is 21.5. The van der Waals surface area contributed by atoms with E-state index in [-0.39, 0.29) is 10.6 Å². The molecule has 0 saturated heterocycles. The van der Waals surface area contributed by atoms with Crippen LogP contribution in [0, 0.1) is 5.82 Å². The van der Waals surface area contributed by atoms with Crippen LogP contribution in [0.4, 0.5) is 4.39 Å². The molecule has 4 nitrogen and oxygen atoms in total. The zero-order valence-corrected chi connectivity index (χ0v) is 18.5. The van der Waals surface area contributed by atoms with Gasteiger partial charge in [0.25, 0.3) is 5.91 Å². The fourth-order valence-corrected chi connectivity index (χ4v) is 4.53. The van der Waals surface area contributed by atoms with Crippen LogP contribution in [-0.2, 0) is 6.42 Å². The molecule has 1 heterocycles. The number of ether oxygens (including phenoxy) is 2. The van der Waals surface area contributed by atoms with Crippen LogP contribution in [0.3, 0.4) is 0 Å². The molecule has 1 aliphatic heterocycles. The molecule has 160 valence electrons. The molecule has 1 atom stereocenters. The second-order valence-corrected chi connectivity index (χ2v) is 7.99. The van der Waals surface area contributed by atoms with E-state index in [9.17, 15) is 9.18 Å². The Morgan fingerprint density at radius 2 is 1.65 bits per heavy atom. The third kappa shape index (κ3) is 3.84. The molecule has 0 bridgehead atoms. The molecule has 0 aromatic heterocycles. The molecule has 0 spiro atoms. The molecular formula is C24H20Cl2FNO3. The van der Waals surface area contributed by atoms with Gasteiger partial charge in [0.1, 0.15) is 5.82 Å². The molecule has 0 radical (unpaired) electrons. The summed E-state index contributed by atoms with van der Waals surface area (Å²) in [5, 5.41) is 0.577. The van der Waals surface area contributed by atoms with Crippen LogP contribution in [0.5, 0.6) is 11.5 Å². The molecule has 1 amide bonds. The van der Waals surface area contributed by atoms with E-state index in [1.165, 1.54) is 18.2 Å². The molecule has 3 aromatic carbocycles. The molecule has 0 saturated carbocycles. The lowest BCUT2D eigenvalue weighted by atomic mass is 9.87. The predicted molar refractivity (Wildman–Crippen MR) is 119 cm³/mol. The van der Waals surface area contributed by atoms with E-state index < -0.39 is 17.8 Å². The third-order valence-electron chi connectivity index (χ3n) is 5.51. The Hall–Kier alpha value is -2.76. The van der Waals surface area contributed by atoms with Gasteiger partial charge in [-0.25, -0.2) is 4.39 Å². The van der Waals surface area contributed by atoms with Gasteiger partial charge in [0, 0.05) is 11.6 Å². The van der Waals surface area contributed by atoms with Crippen molar-refractivity contribution in [3.8, 4) is 11.5 Å². The Morgan fingerprint density at radius 1 is 0.968 bits per heavy atom. The van der Waals surface area contributed by atoms with Gasteiger partial charge in [-0.05, 0) is 53.4 Å². The highest BCUT2D eigenvalue weighted by atomic mass is 35.5. The Kier molecular flexibility index (Phi) is 6.08. The van der Waals surface area contributed by atoms with Crippen molar-refractivity contribution in [1.82, 2.24) is 4.90 Å². The monoisotopic (exact) mass is 459 g/mol. The minimum absolute atomic E-state index is 0.0704. The van der Waals surface area contributed by atoms with E-state index in [0.717, 1.165) is 16.7 Å². The molecular weight excluding hydrogens is 440 g/mol. The van der Waals surface area contributed by atoms with Gasteiger partial charge in [-0.15, -0.1) is 0 Å². The number of carbonyl (C=O) groups excluding carboxylic acids is 1. The lowest BCUT2D eigenvalue weighted by Gasteiger charge is -2.38. The summed E-state index contributed by atoms with van der Waals surface area (Å²) in [7, 11) is 3.13. The topological polar surface area (TPSA) is 38.8 Å². The fourth-order valence-electron chi connectivity index (χ4n) is 4.04. The zero-order valence-electron chi connectivity index (χ0n) is 17.0. The molecule has 3 aromatic rings. The maximum Gasteiger partial charge on any atom is 0.259 e. The van der Waals surface area contributed by atoms with Crippen molar-refractivity contribution in [3.05, 3.63) is 92.7 Å². The summed E-state index contributed by atoms with van der Waals surface area (Å²) in [5.41, 5.74) is 2.44. The second-order valence-electron chi connectivity index (χ2n) is 7.18. The van der Waals surface area contributed by atoms with Crippen LogP contribution in [0.1, 0.15) is 33.1 Å². The van der Waals surface area contributed by atoms with Gasteiger partial charge in [0.2, 0.25) is 0 Å². The first-order chi connectivity index (χ1) is 15.0. The highest BCUT2D eigenvalue weighted by molar-refractivity contribution is 6.34. The number of carbonyl (C=O) groups is 1. The number of benzene rings is 3. The van der Waals surface area contributed by atoms with E-state index in [1.807, 2.05) is 30.3 Å². The number of halogens is 3. The number of hydrogen-bond donors (Lipinski definition) is 0. The summed E-state index contributed by atoms with van der Waals surface area (Å²) in [6.07, 6.45) is 0.564. The minimum Gasteiger partial charge on any atom is -0.493 e. The summed E-state index contributed by atoms with van der Waals surface area (Å²) in [4.78, 5) is 15.1. The molecule has 7 heteroatoms. The summed E-state index contributed by atoms with van der Waals surface area (Å²) in [5.74, 6) is -0.00502. The first-order valence-corrected chi connectivity index (χ1v) is 10.5. The van der Waals surface area contributed by atoms with E-state index in [0.29, 0.717) is 29.5 Å². The number of rotatable bonds is 4. The number of methoxy groups -OCH3 is 2. The summed E-state index contributed by atoms with van der Waals surface area (Å²) in [6.45, 7) is 0.363. The Labute approximate surface area is 190 Å². The van der Waals surface area contributed by atoms with Gasteiger partial charge in [-0.1, -0.05) is 47.5 Å². The van der Waals surface area contributed by atoms with Crippen LogP contribution in [0.2, 0.25) is 10.0 Å². The molecule has 0 fully saturated rings. The third-order valence-corrected chi connectivity index (χ3v) is 6.17. The highest BCUT2D eigenvalue weighted by Crippen LogP contribution is 2.43. The van der Waals surface area contributed by atoms with Crippen LogP contribution >= 0.6 is 23.2 Å². The maximum absolute atomic E-state index is 14.6. The molecule has 31 heavy (non-hydrogen) atoms. The normalized spacial score (nSPS) is 15.4. The van der Waals surface area contributed by atoms with Gasteiger partial charge in [0.05, 0.1) is 30.8 Å². The quantitative estimate of drug-likeness (QED) is 0.484. The molecule has 1 unspecified atom stereocenters. The van der Waals surface area contributed by atoms with Crippen molar-refractivity contribution in [2.24, 2.45) is 0 Å². The average Bonchev–Trinajstić information content (AvgIpc) is 2.77. The number of nitrogens with zero attached hydrogens (tertiary/aromatic N) is 1.